The summed E-state index contributed by atoms with van der Waals surface area (Å²) < 4.78 is 0. The summed E-state index contributed by atoms with van der Waals surface area (Å²) in [6, 6.07) is 60.0. The number of hydrogen-bond donors (Lipinski definition) is 0. The zero-order chi connectivity index (χ0) is 34.2. The van der Waals surface area contributed by atoms with Crippen LogP contribution in [-0.2, 0) is 0 Å². The van der Waals surface area contributed by atoms with E-state index < -0.39 is 0 Å². The summed E-state index contributed by atoms with van der Waals surface area (Å²) in [5, 5.41) is 13.1. The maximum Gasteiger partial charge on any atom is -0.00259 e. The summed E-state index contributed by atoms with van der Waals surface area (Å²) in [4.78, 5) is 0. The molecule has 2 aliphatic rings. The first-order valence-corrected chi connectivity index (χ1v) is 18.3. The smallest absolute Gasteiger partial charge is 0.00259 e. The van der Waals surface area contributed by atoms with Crippen molar-refractivity contribution in [1.82, 2.24) is 0 Å². The van der Waals surface area contributed by atoms with Crippen LogP contribution in [-0.4, -0.2) is 0 Å². The lowest BCUT2D eigenvalue weighted by atomic mass is 9.83. The van der Waals surface area contributed by atoms with Crippen LogP contribution in [0.2, 0.25) is 0 Å². The second-order valence-electron chi connectivity index (χ2n) is 15.0. The quantitative estimate of drug-likeness (QED) is 0.162. The molecule has 10 aromatic carbocycles. The monoisotopic (exact) mass is 656 g/mol. The third-order valence-corrected chi connectivity index (χ3v) is 11.9. The molecule has 0 heterocycles. The van der Waals surface area contributed by atoms with Gasteiger partial charge in [0, 0.05) is 0 Å². The summed E-state index contributed by atoms with van der Waals surface area (Å²) in [6.45, 7) is 4.46. The van der Waals surface area contributed by atoms with E-state index in [1.165, 1.54) is 132 Å². The van der Waals surface area contributed by atoms with Gasteiger partial charge >= 0.3 is 0 Å². The van der Waals surface area contributed by atoms with Crippen molar-refractivity contribution in [2.24, 2.45) is 0 Å². The van der Waals surface area contributed by atoms with Gasteiger partial charge in [0.2, 0.25) is 0 Å². The van der Waals surface area contributed by atoms with Crippen LogP contribution in [0.1, 0.15) is 11.1 Å². The Morgan fingerprint density at radius 1 is 0.269 bits per heavy atom. The topological polar surface area (TPSA) is 0 Å². The first-order chi connectivity index (χ1) is 25.6. The highest BCUT2D eigenvalue weighted by molar-refractivity contribution is 6.28. The fourth-order valence-electron chi connectivity index (χ4n) is 9.82. The molecule has 0 bridgehead atoms. The fraction of sp³-hybridized carbons (Fsp3) is 0.0385. The lowest BCUT2D eigenvalue weighted by Crippen LogP contribution is -1.93. The third kappa shape index (κ3) is 3.71. The molecule has 12 rings (SSSR count). The molecule has 0 spiro atoms. The van der Waals surface area contributed by atoms with Gasteiger partial charge in [0.25, 0.3) is 0 Å². The lowest BCUT2D eigenvalue weighted by molar-refractivity contribution is 1.48. The van der Waals surface area contributed by atoms with Crippen LogP contribution in [0.5, 0.6) is 0 Å². The van der Waals surface area contributed by atoms with E-state index in [0.29, 0.717) is 0 Å². The Kier molecular flexibility index (Phi) is 5.46. The zero-order valence-electron chi connectivity index (χ0n) is 29.0. The summed E-state index contributed by atoms with van der Waals surface area (Å²) >= 11 is 0. The minimum Gasteiger partial charge on any atom is -0.0622 e. The second kappa shape index (κ2) is 10.1. The van der Waals surface area contributed by atoms with Gasteiger partial charge in [0.1, 0.15) is 0 Å². The predicted octanol–water partition coefficient (Wildman–Crippen LogP) is 14.7. The van der Waals surface area contributed by atoms with Crippen molar-refractivity contribution in [3.05, 3.63) is 169 Å². The molecular weight excluding hydrogens is 625 g/mol. The molecule has 0 amide bonds. The minimum absolute atomic E-state index is 1.25. The summed E-state index contributed by atoms with van der Waals surface area (Å²) in [6.07, 6.45) is 0. The molecule has 240 valence electrons. The Labute approximate surface area is 302 Å². The number of benzene rings is 10. The third-order valence-electron chi connectivity index (χ3n) is 11.9. The number of hydrogen-bond acceptors (Lipinski definition) is 0. The normalized spacial score (nSPS) is 12.4. The van der Waals surface area contributed by atoms with Crippen LogP contribution in [0, 0.1) is 13.8 Å². The molecule has 0 fully saturated rings. The van der Waals surface area contributed by atoms with Gasteiger partial charge in [-0.15, -0.1) is 0 Å². The van der Waals surface area contributed by atoms with E-state index in [0.717, 1.165) is 0 Å². The molecule has 0 atom stereocenters. The van der Waals surface area contributed by atoms with Crippen LogP contribution in [0.4, 0.5) is 0 Å². The molecule has 0 saturated carbocycles. The molecule has 0 radical (unpaired) electrons. The average molecular weight is 657 g/mol. The van der Waals surface area contributed by atoms with E-state index in [1.807, 2.05) is 0 Å². The van der Waals surface area contributed by atoms with Crippen LogP contribution in [0.25, 0.3) is 121 Å². The van der Waals surface area contributed by atoms with Crippen molar-refractivity contribution >= 4 is 53.9 Å². The van der Waals surface area contributed by atoms with Gasteiger partial charge in [0.05, 0.1) is 0 Å². The van der Waals surface area contributed by atoms with Crippen molar-refractivity contribution in [2.75, 3.05) is 0 Å². The molecule has 0 N–H and O–H groups in total. The maximum absolute atomic E-state index is 2.52. The lowest BCUT2D eigenvalue weighted by Gasteiger charge is -2.20. The van der Waals surface area contributed by atoms with Crippen LogP contribution in [0.15, 0.2) is 158 Å². The Hall–Kier alpha value is -6.50. The molecule has 0 unspecified atom stereocenters. The summed E-state index contributed by atoms with van der Waals surface area (Å²) in [7, 11) is 0. The molecule has 2 aliphatic carbocycles. The SMILES string of the molecule is Cc1cc2c3c(cc(C)cc3c1)-c1cc3c(-c4ccccc4)c4cc5cc6c(cc5cc4c(-c4ccccc4)c3cc1-2)-c1cccc2cccc-6c12. The summed E-state index contributed by atoms with van der Waals surface area (Å²) in [5.74, 6) is 0. The van der Waals surface area contributed by atoms with Gasteiger partial charge in [-0.25, -0.2) is 0 Å². The molecule has 0 aromatic heterocycles. The molecule has 0 heteroatoms. The largest absolute Gasteiger partial charge is 0.0622 e. The van der Waals surface area contributed by atoms with Gasteiger partial charge in [-0.3, -0.25) is 0 Å². The fourth-order valence-corrected chi connectivity index (χ4v) is 9.82. The molecule has 52 heavy (non-hydrogen) atoms. The van der Waals surface area contributed by atoms with Crippen molar-refractivity contribution in [3.8, 4) is 66.8 Å². The molecule has 0 aliphatic heterocycles. The Morgan fingerprint density at radius 2 is 0.692 bits per heavy atom. The van der Waals surface area contributed by atoms with Crippen LogP contribution >= 0.6 is 0 Å². The van der Waals surface area contributed by atoms with E-state index >= 15 is 0 Å². The Bertz CT molecular complexity index is 3010. The summed E-state index contributed by atoms with van der Waals surface area (Å²) in [5.41, 5.74) is 18.4. The van der Waals surface area contributed by atoms with E-state index in [9.17, 15) is 0 Å². The van der Waals surface area contributed by atoms with E-state index in [1.54, 1.807) is 0 Å². The highest BCUT2D eigenvalue weighted by atomic mass is 14.3. The average Bonchev–Trinajstić information content (AvgIpc) is 3.64. The first-order valence-electron chi connectivity index (χ1n) is 18.3. The van der Waals surface area contributed by atoms with Crippen molar-refractivity contribution < 1.29 is 0 Å². The van der Waals surface area contributed by atoms with Gasteiger partial charge < -0.3 is 0 Å². The van der Waals surface area contributed by atoms with E-state index in [4.69, 9.17) is 0 Å². The highest BCUT2D eigenvalue weighted by Gasteiger charge is 2.27. The van der Waals surface area contributed by atoms with E-state index in [2.05, 4.69) is 172 Å². The Morgan fingerprint density at radius 3 is 1.17 bits per heavy atom. The Balaban J connectivity index is 1.27. The molecule has 10 aromatic rings. The number of fused-ring (bicyclic) bond motifs is 9. The van der Waals surface area contributed by atoms with Gasteiger partial charge in [0.15, 0.2) is 0 Å². The van der Waals surface area contributed by atoms with Crippen molar-refractivity contribution in [1.29, 1.82) is 0 Å². The number of aryl methyl sites for hydroxylation is 2. The molecule has 0 saturated heterocycles. The van der Waals surface area contributed by atoms with Crippen LogP contribution in [0.3, 0.4) is 0 Å². The molecule has 0 nitrogen and oxygen atoms in total. The predicted molar refractivity (Wildman–Crippen MR) is 223 cm³/mol. The van der Waals surface area contributed by atoms with Gasteiger partial charge in [-0.1, -0.05) is 121 Å². The van der Waals surface area contributed by atoms with Gasteiger partial charge in [-0.05, 0) is 182 Å². The number of rotatable bonds is 2. The standard InChI is InChI=1S/C52H32/c1-29-19-36-20-30(2)22-44-42-28-48-47(27-41(42)43(21-29)52(36)44)50(31-11-5-3-6-12-31)45-25-34-23-39-37-17-9-15-33-16-10-18-38(49(33)37)40(39)24-35(34)26-46(45)51(48)32-13-7-4-8-14-32/h3-28H,1-2H3. The van der Waals surface area contributed by atoms with E-state index in [-0.39, 0.29) is 0 Å². The van der Waals surface area contributed by atoms with Crippen molar-refractivity contribution in [3.63, 3.8) is 0 Å². The van der Waals surface area contributed by atoms with Crippen molar-refractivity contribution in [2.45, 2.75) is 13.8 Å². The highest BCUT2D eigenvalue weighted by Crippen LogP contribution is 2.54. The zero-order valence-corrected chi connectivity index (χ0v) is 29.0. The molecular formula is C52H32. The first kappa shape index (κ1) is 28.2. The van der Waals surface area contributed by atoms with Gasteiger partial charge in [-0.2, -0.15) is 0 Å². The second-order valence-corrected chi connectivity index (χ2v) is 15.0. The maximum atomic E-state index is 2.52. The van der Waals surface area contributed by atoms with Crippen LogP contribution < -0.4 is 0 Å². The minimum atomic E-state index is 1.25.